The smallest absolute Gasteiger partial charge is 0.248 e. The summed E-state index contributed by atoms with van der Waals surface area (Å²) < 4.78 is 19.9. The zero-order valence-corrected chi connectivity index (χ0v) is 12.0. The molecule has 0 spiro atoms. The second-order valence-corrected chi connectivity index (χ2v) is 5.00. The monoisotopic (exact) mass is 338 g/mol. The van der Waals surface area contributed by atoms with Crippen molar-refractivity contribution >= 4 is 27.5 Å². The highest BCUT2D eigenvalue weighted by Crippen LogP contribution is 2.28. The number of nitrogen functional groups attached to an aromatic ring is 1. The molecule has 4 N–H and O–H groups in total. The molecule has 0 bridgehead atoms. The lowest BCUT2D eigenvalue weighted by atomic mass is 10.1. The van der Waals surface area contributed by atoms with Gasteiger partial charge in [0.1, 0.15) is 18.2 Å². The quantitative estimate of drug-likeness (QED) is 0.841. The van der Waals surface area contributed by atoms with Gasteiger partial charge in [-0.2, -0.15) is 0 Å². The molecular weight excluding hydrogens is 327 g/mol. The number of carbonyl (C=O) groups excluding carboxylic acids is 1. The summed E-state index contributed by atoms with van der Waals surface area (Å²) in [7, 11) is 0. The molecule has 2 aromatic carbocycles. The largest absolute Gasteiger partial charge is 0.488 e. The lowest BCUT2D eigenvalue weighted by molar-refractivity contribution is 0.1000. The Hall–Kier alpha value is -2.08. The van der Waals surface area contributed by atoms with Crippen molar-refractivity contribution in [2.75, 3.05) is 5.73 Å². The first-order valence-electron chi connectivity index (χ1n) is 5.73. The number of rotatable bonds is 4. The van der Waals surface area contributed by atoms with Crippen LogP contribution in [0.3, 0.4) is 0 Å². The number of nitrogens with two attached hydrogens (primary N) is 2. The van der Waals surface area contributed by atoms with Crippen LogP contribution in [0.1, 0.15) is 15.9 Å². The van der Waals surface area contributed by atoms with Gasteiger partial charge in [0.25, 0.3) is 0 Å². The fraction of sp³-hybridized carbons (Fsp3) is 0.0714. The third kappa shape index (κ3) is 3.27. The molecule has 4 nitrogen and oxygen atoms in total. The van der Waals surface area contributed by atoms with E-state index in [0.29, 0.717) is 15.9 Å². The van der Waals surface area contributed by atoms with Crippen molar-refractivity contribution in [2.45, 2.75) is 6.61 Å². The van der Waals surface area contributed by atoms with Crippen LogP contribution in [0.15, 0.2) is 40.9 Å². The number of primary amides is 1. The van der Waals surface area contributed by atoms with Crippen molar-refractivity contribution in [1.29, 1.82) is 0 Å². The first kappa shape index (κ1) is 14.3. The molecule has 0 heterocycles. The molecule has 0 aliphatic carbocycles. The van der Waals surface area contributed by atoms with Crippen LogP contribution in [0.5, 0.6) is 5.75 Å². The maximum absolute atomic E-state index is 13.6. The van der Waals surface area contributed by atoms with E-state index >= 15 is 0 Å². The Labute approximate surface area is 123 Å². The molecule has 0 saturated carbocycles. The van der Waals surface area contributed by atoms with E-state index in [-0.39, 0.29) is 17.7 Å². The van der Waals surface area contributed by atoms with E-state index in [1.165, 1.54) is 18.2 Å². The molecule has 0 aliphatic rings. The van der Waals surface area contributed by atoms with E-state index in [1.807, 2.05) is 0 Å². The number of benzene rings is 2. The van der Waals surface area contributed by atoms with Gasteiger partial charge in [-0.05, 0) is 46.3 Å². The first-order chi connectivity index (χ1) is 9.47. The third-order valence-electron chi connectivity index (χ3n) is 2.67. The van der Waals surface area contributed by atoms with Crippen LogP contribution in [0, 0.1) is 5.82 Å². The van der Waals surface area contributed by atoms with Crippen LogP contribution in [0.25, 0.3) is 0 Å². The second-order valence-electron chi connectivity index (χ2n) is 4.15. The fourth-order valence-corrected chi connectivity index (χ4v) is 1.99. The number of hydrogen-bond donors (Lipinski definition) is 2. The lowest BCUT2D eigenvalue weighted by Gasteiger charge is -2.10. The van der Waals surface area contributed by atoms with Gasteiger partial charge in [0, 0.05) is 22.9 Å². The summed E-state index contributed by atoms with van der Waals surface area (Å²) in [6.45, 7) is -0.0327. The lowest BCUT2D eigenvalue weighted by Crippen LogP contribution is -2.12. The maximum Gasteiger partial charge on any atom is 0.248 e. The van der Waals surface area contributed by atoms with Gasteiger partial charge in [-0.1, -0.05) is 0 Å². The van der Waals surface area contributed by atoms with E-state index in [2.05, 4.69) is 15.9 Å². The number of amides is 1. The predicted molar refractivity (Wildman–Crippen MR) is 77.8 cm³/mol. The van der Waals surface area contributed by atoms with E-state index in [4.69, 9.17) is 16.2 Å². The number of ether oxygens (including phenoxy) is 1. The Morgan fingerprint density at radius 2 is 2.00 bits per heavy atom. The van der Waals surface area contributed by atoms with Gasteiger partial charge in [-0.15, -0.1) is 0 Å². The zero-order valence-electron chi connectivity index (χ0n) is 10.4. The number of halogens is 2. The molecule has 0 atom stereocenters. The van der Waals surface area contributed by atoms with Crippen molar-refractivity contribution < 1.29 is 13.9 Å². The zero-order chi connectivity index (χ0) is 14.7. The maximum atomic E-state index is 13.6. The van der Waals surface area contributed by atoms with E-state index in [1.54, 1.807) is 18.2 Å². The number of hydrogen-bond acceptors (Lipinski definition) is 3. The third-order valence-corrected chi connectivity index (χ3v) is 3.32. The van der Waals surface area contributed by atoms with E-state index < -0.39 is 11.7 Å². The van der Waals surface area contributed by atoms with Gasteiger partial charge in [0.05, 0.1) is 4.47 Å². The van der Waals surface area contributed by atoms with Gasteiger partial charge in [0.2, 0.25) is 5.91 Å². The molecule has 0 aromatic heterocycles. The summed E-state index contributed by atoms with van der Waals surface area (Å²) in [6.07, 6.45) is 0. The molecule has 0 unspecified atom stereocenters. The van der Waals surface area contributed by atoms with Gasteiger partial charge < -0.3 is 16.2 Å². The average molecular weight is 339 g/mol. The summed E-state index contributed by atoms with van der Waals surface area (Å²) in [5, 5.41) is 0. The van der Waals surface area contributed by atoms with Crippen LogP contribution in [0.2, 0.25) is 0 Å². The van der Waals surface area contributed by atoms with Crippen LogP contribution in [-0.2, 0) is 6.61 Å². The van der Waals surface area contributed by atoms with Crippen LogP contribution in [0.4, 0.5) is 10.1 Å². The SMILES string of the molecule is NC(=O)c1ccc(F)c(COc2cc(N)ccc2Br)c1. The first-order valence-corrected chi connectivity index (χ1v) is 6.52. The van der Waals surface area contributed by atoms with Gasteiger partial charge in [0.15, 0.2) is 0 Å². The molecule has 6 heteroatoms. The molecule has 2 rings (SSSR count). The number of carbonyl (C=O) groups is 1. The normalized spacial score (nSPS) is 10.3. The Bertz CT molecular complexity index is 662. The Balaban J connectivity index is 2.20. The molecular formula is C14H12BrFN2O2. The summed E-state index contributed by atoms with van der Waals surface area (Å²) >= 11 is 3.31. The Morgan fingerprint density at radius 1 is 1.25 bits per heavy atom. The molecule has 0 aliphatic heterocycles. The molecule has 0 fully saturated rings. The highest BCUT2D eigenvalue weighted by molar-refractivity contribution is 9.10. The molecule has 20 heavy (non-hydrogen) atoms. The summed E-state index contributed by atoms with van der Waals surface area (Å²) in [5.74, 6) is -0.583. The van der Waals surface area contributed by atoms with E-state index in [9.17, 15) is 9.18 Å². The summed E-state index contributed by atoms with van der Waals surface area (Å²) in [6, 6.07) is 8.97. The van der Waals surface area contributed by atoms with Crippen LogP contribution >= 0.6 is 15.9 Å². The molecule has 0 radical (unpaired) electrons. The molecule has 2 aromatic rings. The minimum Gasteiger partial charge on any atom is -0.488 e. The molecule has 1 amide bonds. The average Bonchev–Trinajstić information content (AvgIpc) is 2.41. The topological polar surface area (TPSA) is 78.3 Å². The summed E-state index contributed by atoms with van der Waals surface area (Å²) in [5.41, 5.74) is 11.8. The minimum absolute atomic E-state index is 0.0327. The summed E-state index contributed by atoms with van der Waals surface area (Å²) in [4.78, 5) is 11.1. The van der Waals surface area contributed by atoms with Crippen molar-refractivity contribution in [3.63, 3.8) is 0 Å². The second kappa shape index (κ2) is 5.92. The van der Waals surface area contributed by atoms with Crippen LogP contribution < -0.4 is 16.2 Å². The van der Waals surface area contributed by atoms with Gasteiger partial charge in [-0.25, -0.2) is 4.39 Å². The van der Waals surface area contributed by atoms with Crippen LogP contribution in [-0.4, -0.2) is 5.91 Å². The van der Waals surface area contributed by atoms with E-state index in [0.717, 1.165) is 0 Å². The fourth-order valence-electron chi connectivity index (χ4n) is 1.62. The highest BCUT2D eigenvalue weighted by Gasteiger charge is 2.09. The Kier molecular flexibility index (Phi) is 4.24. The standard InChI is InChI=1S/C14H12BrFN2O2/c15-11-3-2-10(17)6-13(11)20-7-9-5-8(14(18)19)1-4-12(9)16/h1-6H,7,17H2,(H2,18,19). The van der Waals surface area contributed by atoms with Crippen molar-refractivity contribution in [3.8, 4) is 5.75 Å². The van der Waals surface area contributed by atoms with Crippen molar-refractivity contribution in [3.05, 3.63) is 57.8 Å². The Morgan fingerprint density at radius 3 is 2.70 bits per heavy atom. The molecule has 0 saturated heterocycles. The van der Waals surface area contributed by atoms with Crippen molar-refractivity contribution in [1.82, 2.24) is 0 Å². The van der Waals surface area contributed by atoms with Gasteiger partial charge in [-0.3, -0.25) is 4.79 Å². The highest BCUT2D eigenvalue weighted by atomic mass is 79.9. The minimum atomic E-state index is -0.614. The van der Waals surface area contributed by atoms with Crippen molar-refractivity contribution in [2.24, 2.45) is 5.73 Å². The molecule has 104 valence electrons. The predicted octanol–water partition coefficient (Wildman–Crippen LogP) is 2.85. The number of anilines is 1. The van der Waals surface area contributed by atoms with Gasteiger partial charge >= 0.3 is 0 Å².